The number of nitriles is 1. The lowest BCUT2D eigenvalue weighted by molar-refractivity contribution is 0.115. The Bertz CT molecular complexity index is 357. The van der Waals surface area contributed by atoms with Crippen molar-refractivity contribution < 1.29 is 4.84 Å². The average molecular weight is 218 g/mol. The summed E-state index contributed by atoms with van der Waals surface area (Å²) in [5.41, 5.74) is 2.37. The highest BCUT2D eigenvalue weighted by Crippen LogP contribution is 2.20. The fourth-order valence-corrected chi connectivity index (χ4v) is 1.59. The molecule has 0 atom stereocenters. The van der Waals surface area contributed by atoms with Crippen molar-refractivity contribution in [2.45, 2.75) is 26.7 Å². The van der Waals surface area contributed by atoms with Gasteiger partial charge in [0.1, 0.15) is 0 Å². The van der Waals surface area contributed by atoms with E-state index < -0.39 is 0 Å². The molecule has 0 N–H and O–H groups in total. The summed E-state index contributed by atoms with van der Waals surface area (Å²) in [5.74, 6) is 0. The van der Waals surface area contributed by atoms with Gasteiger partial charge in [-0.3, -0.25) is 9.90 Å². The number of anilines is 1. The largest absolute Gasteiger partial charge is 0.272 e. The van der Waals surface area contributed by atoms with E-state index in [-0.39, 0.29) is 0 Å². The van der Waals surface area contributed by atoms with Gasteiger partial charge in [0.15, 0.2) is 0 Å². The van der Waals surface area contributed by atoms with Gasteiger partial charge in [-0.15, -0.1) is 0 Å². The maximum absolute atomic E-state index is 8.47. The first kappa shape index (κ1) is 12.5. The van der Waals surface area contributed by atoms with E-state index in [4.69, 9.17) is 10.1 Å². The van der Waals surface area contributed by atoms with Gasteiger partial charge < -0.3 is 0 Å². The number of benzene rings is 1. The van der Waals surface area contributed by atoms with Crippen molar-refractivity contribution in [3.05, 3.63) is 29.8 Å². The fourth-order valence-electron chi connectivity index (χ4n) is 1.59. The van der Waals surface area contributed by atoms with E-state index >= 15 is 0 Å². The third kappa shape index (κ3) is 3.25. The second kappa shape index (κ2) is 6.86. The minimum atomic E-state index is 0.421. The van der Waals surface area contributed by atoms with Crippen LogP contribution in [0.15, 0.2) is 24.3 Å². The molecule has 0 bridgehead atoms. The quantitative estimate of drug-likeness (QED) is 0.544. The molecule has 3 nitrogen and oxygen atoms in total. The van der Waals surface area contributed by atoms with Crippen LogP contribution in [0.2, 0.25) is 0 Å². The molecule has 0 amide bonds. The molecular formula is C13H18N2O. The molecule has 0 fully saturated rings. The molecule has 0 saturated carbocycles. The first-order valence-electron chi connectivity index (χ1n) is 5.68. The van der Waals surface area contributed by atoms with Crippen LogP contribution in [-0.2, 0) is 11.3 Å². The van der Waals surface area contributed by atoms with E-state index in [9.17, 15) is 0 Å². The predicted molar refractivity (Wildman–Crippen MR) is 65.0 cm³/mol. The highest BCUT2D eigenvalue weighted by molar-refractivity contribution is 5.51. The normalized spacial score (nSPS) is 9.81. The first-order valence-corrected chi connectivity index (χ1v) is 5.68. The second-order valence-electron chi connectivity index (χ2n) is 3.42. The minimum Gasteiger partial charge on any atom is -0.272 e. The monoisotopic (exact) mass is 218 g/mol. The topological polar surface area (TPSA) is 36.3 Å². The molecule has 0 unspecified atom stereocenters. The van der Waals surface area contributed by atoms with Gasteiger partial charge in [-0.25, -0.2) is 0 Å². The Kier molecular flexibility index (Phi) is 5.38. The van der Waals surface area contributed by atoms with Crippen molar-refractivity contribution in [3.63, 3.8) is 0 Å². The van der Waals surface area contributed by atoms with Crippen LogP contribution in [0.1, 0.15) is 25.8 Å². The van der Waals surface area contributed by atoms with E-state index in [1.54, 1.807) is 0 Å². The Balaban J connectivity index is 2.74. The number of para-hydroxylation sites is 1. The van der Waals surface area contributed by atoms with Gasteiger partial charge in [-0.1, -0.05) is 25.1 Å². The van der Waals surface area contributed by atoms with Crippen LogP contribution in [0, 0.1) is 11.3 Å². The Hall–Kier alpha value is -1.53. The molecule has 0 aliphatic carbocycles. The van der Waals surface area contributed by atoms with E-state index in [0.717, 1.165) is 18.7 Å². The lowest BCUT2D eigenvalue weighted by atomic mass is 10.1. The third-order valence-corrected chi connectivity index (χ3v) is 2.39. The number of hydrogen-bond acceptors (Lipinski definition) is 3. The van der Waals surface area contributed by atoms with Crippen LogP contribution in [-0.4, -0.2) is 13.2 Å². The van der Waals surface area contributed by atoms with Crippen molar-refractivity contribution in [3.8, 4) is 6.07 Å². The minimum absolute atomic E-state index is 0.421. The summed E-state index contributed by atoms with van der Waals surface area (Å²) in [7, 11) is 0. The molecule has 0 heterocycles. The van der Waals surface area contributed by atoms with Gasteiger partial charge in [-0.05, 0) is 25.0 Å². The van der Waals surface area contributed by atoms with Crippen LogP contribution in [0.25, 0.3) is 0 Å². The SMILES string of the molecule is CCc1ccccc1N(CC)OCCC#N. The zero-order chi connectivity index (χ0) is 11.8. The molecule has 1 aromatic rings. The van der Waals surface area contributed by atoms with Crippen LogP contribution in [0.5, 0.6) is 0 Å². The van der Waals surface area contributed by atoms with Gasteiger partial charge in [0.05, 0.1) is 24.8 Å². The molecule has 0 aliphatic heterocycles. The van der Waals surface area contributed by atoms with Crippen LogP contribution in [0.4, 0.5) is 5.69 Å². The zero-order valence-electron chi connectivity index (χ0n) is 9.94. The third-order valence-electron chi connectivity index (χ3n) is 2.39. The van der Waals surface area contributed by atoms with Gasteiger partial charge in [-0.2, -0.15) is 5.26 Å². The summed E-state index contributed by atoms with van der Waals surface area (Å²) in [6.45, 7) is 5.39. The lowest BCUT2D eigenvalue weighted by Gasteiger charge is -2.24. The van der Waals surface area contributed by atoms with Crippen molar-refractivity contribution in [2.24, 2.45) is 0 Å². The van der Waals surface area contributed by atoms with Crippen molar-refractivity contribution >= 4 is 5.69 Å². The van der Waals surface area contributed by atoms with Crippen LogP contribution in [0.3, 0.4) is 0 Å². The summed E-state index contributed by atoms with van der Waals surface area (Å²) in [6, 6.07) is 10.3. The molecule has 0 aliphatic rings. The standard InChI is InChI=1S/C13H18N2O/c1-3-12-8-5-6-9-13(12)15(4-2)16-11-7-10-14/h5-6,8-9H,3-4,7,11H2,1-2H3. The van der Waals surface area contributed by atoms with Crippen LogP contribution >= 0.6 is 0 Å². The molecule has 0 saturated heterocycles. The fraction of sp³-hybridized carbons (Fsp3) is 0.462. The Labute approximate surface area is 97.2 Å². The molecule has 1 rings (SSSR count). The van der Waals surface area contributed by atoms with Crippen molar-refractivity contribution in [1.82, 2.24) is 0 Å². The summed E-state index contributed by atoms with van der Waals surface area (Å²) >= 11 is 0. The summed E-state index contributed by atoms with van der Waals surface area (Å²) in [6.07, 6.45) is 1.40. The number of hydroxylamine groups is 1. The van der Waals surface area contributed by atoms with E-state index in [1.165, 1.54) is 5.56 Å². The number of nitrogens with zero attached hydrogens (tertiary/aromatic N) is 2. The molecule has 0 radical (unpaired) electrons. The highest BCUT2D eigenvalue weighted by atomic mass is 16.7. The summed E-state index contributed by atoms with van der Waals surface area (Å²) in [4.78, 5) is 5.57. The Morgan fingerprint density at radius 1 is 1.31 bits per heavy atom. The first-order chi connectivity index (χ1) is 7.83. The van der Waals surface area contributed by atoms with Gasteiger partial charge in [0.25, 0.3) is 0 Å². The molecule has 0 aromatic heterocycles. The molecule has 3 heteroatoms. The highest BCUT2D eigenvalue weighted by Gasteiger charge is 2.08. The maximum Gasteiger partial charge on any atom is 0.0878 e. The van der Waals surface area contributed by atoms with Gasteiger partial charge in [0.2, 0.25) is 0 Å². The zero-order valence-corrected chi connectivity index (χ0v) is 9.94. The van der Waals surface area contributed by atoms with Gasteiger partial charge in [0, 0.05) is 6.54 Å². The average Bonchev–Trinajstić information content (AvgIpc) is 2.35. The van der Waals surface area contributed by atoms with Gasteiger partial charge >= 0.3 is 0 Å². The lowest BCUT2D eigenvalue weighted by Crippen LogP contribution is -2.24. The van der Waals surface area contributed by atoms with Crippen molar-refractivity contribution in [2.75, 3.05) is 18.2 Å². The van der Waals surface area contributed by atoms with E-state index in [0.29, 0.717) is 13.0 Å². The number of aryl methyl sites for hydroxylation is 1. The number of rotatable bonds is 6. The second-order valence-corrected chi connectivity index (χ2v) is 3.42. The molecule has 0 spiro atoms. The van der Waals surface area contributed by atoms with Crippen molar-refractivity contribution in [1.29, 1.82) is 5.26 Å². The smallest absolute Gasteiger partial charge is 0.0878 e. The summed E-state index contributed by atoms with van der Waals surface area (Å²) < 4.78 is 0. The predicted octanol–water partition coefficient (Wildman–Crippen LogP) is 2.92. The Morgan fingerprint density at radius 2 is 2.06 bits per heavy atom. The number of hydrogen-bond donors (Lipinski definition) is 0. The molecule has 1 aromatic carbocycles. The Morgan fingerprint density at radius 3 is 2.69 bits per heavy atom. The summed E-state index contributed by atoms with van der Waals surface area (Å²) in [5, 5.41) is 10.3. The van der Waals surface area contributed by atoms with Crippen LogP contribution < -0.4 is 5.06 Å². The van der Waals surface area contributed by atoms with E-state index in [1.807, 2.05) is 24.1 Å². The van der Waals surface area contributed by atoms with E-state index in [2.05, 4.69) is 25.1 Å². The molecule has 16 heavy (non-hydrogen) atoms. The maximum atomic E-state index is 8.47. The molecular weight excluding hydrogens is 200 g/mol. The molecule has 86 valence electrons.